The fourth-order valence-corrected chi connectivity index (χ4v) is 2.29. The second kappa shape index (κ2) is 4.29. The van der Waals surface area contributed by atoms with Crippen LogP contribution in [0.15, 0.2) is 16.7 Å². The molecular formula is C12H17NO3. The molecule has 4 heteroatoms. The van der Waals surface area contributed by atoms with E-state index in [9.17, 15) is 4.79 Å². The lowest BCUT2D eigenvalue weighted by Gasteiger charge is -2.13. The van der Waals surface area contributed by atoms with Gasteiger partial charge in [-0.25, -0.2) is 0 Å². The van der Waals surface area contributed by atoms with E-state index in [0.29, 0.717) is 13.1 Å². The minimum absolute atomic E-state index is 0.216. The van der Waals surface area contributed by atoms with Crippen LogP contribution in [0.25, 0.3) is 0 Å². The van der Waals surface area contributed by atoms with Crippen molar-refractivity contribution in [3.8, 4) is 0 Å². The lowest BCUT2D eigenvalue weighted by atomic mass is 9.99. The van der Waals surface area contributed by atoms with Crippen LogP contribution in [-0.2, 0) is 11.3 Å². The highest BCUT2D eigenvalue weighted by molar-refractivity contribution is 5.71. The second-order valence-corrected chi connectivity index (χ2v) is 4.64. The van der Waals surface area contributed by atoms with Crippen LogP contribution in [0.2, 0.25) is 0 Å². The summed E-state index contributed by atoms with van der Waals surface area (Å²) in [4.78, 5) is 13.1. The van der Waals surface area contributed by atoms with Crippen molar-refractivity contribution in [3.63, 3.8) is 0 Å². The molecule has 0 unspecified atom stereocenters. The van der Waals surface area contributed by atoms with Gasteiger partial charge in [-0.1, -0.05) is 6.92 Å². The van der Waals surface area contributed by atoms with E-state index in [-0.39, 0.29) is 11.8 Å². The average Bonchev–Trinajstić information content (AvgIpc) is 2.75. The molecule has 1 aromatic heterocycles. The highest BCUT2D eigenvalue weighted by Gasteiger charge is 2.34. The minimum Gasteiger partial charge on any atom is -0.481 e. The molecule has 4 nitrogen and oxygen atoms in total. The number of nitrogens with zero attached hydrogens (tertiary/aromatic N) is 1. The summed E-state index contributed by atoms with van der Waals surface area (Å²) in [5.74, 6) is 0.229. The maximum atomic E-state index is 11.0. The van der Waals surface area contributed by atoms with Crippen molar-refractivity contribution < 1.29 is 14.3 Å². The first kappa shape index (κ1) is 11.2. The molecule has 16 heavy (non-hydrogen) atoms. The van der Waals surface area contributed by atoms with Crippen LogP contribution in [-0.4, -0.2) is 29.1 Å². The molecule has 2 heterocycles. The first-order chi connectivity index (χ1) is 7.58. The number of aryl methyl sites for hydroxylation is 1. The lowest BCUT2D eigenvalue weighted by Crippen LogP contribution is -2.23. The molecule has 1 fully saturated rings. The summed E-state index contributed by atoms with van der Waals surface area (Å²) < 4.78 is 5.37. The van der Waals surface area contributed by atoms with Gasteiger partial charge in [-0.15, -0.1) is 0 Å². The van der Waals surface area contributed by atoms with E-state index in [2.05, 4.69) is 4.90 Å². The lowest BCUT2D eigenvalue weighted by molar-refractivity contribution is -0.142. The highest BCUT2D eigenvalue weighted by Crippen LogP contribution is 2.25. The topological polar surface area (TPSA) is 53.7 Å². The summed E-state index contributed by atoms with van der Waals surface area (Å²) in [7, 11) is 0. The largest absolute Gasteiger partial charge is 0.481 e. The molecule has 1 N–H and O–H groups in total. The maximum Gasteiger partial charge on any atom is 0.308 e. The van der Waals surface area contributed by atoms with Gasteiger partial charge in [0.1, 0.15) is 5.76 Å². The molecule has 0 spiro atoms. The number of furan rings is 1. The van der Waals surface area contributed by atoms with Gasteiger partial charge in [0.05, 0.1) is 18.7 Å². The molecule has 0 aliphatic carbocycles. The molecule has 88 valence electrons. The first-order valence-electron chi connectivity index (χ1n) is 5.56. The Kier molecular flexibility index (Phi) is 3.01. The fourth-order valence-electron chi connectivity index (χ4n) is 2.29. The number of likely N-dealkylation sites (tertiary alicyclic amines) is 1. The normalized spacial score (nSPS) is 26.1. The van der Waals surface area contributed by atoms with Crippen LogP contribution in [0, 0.1) is 18.8 Å². The maximum absolute atomic E-state index is 11.0. The predicted molar refractivity (Wildman–Crippen MR) is 59.0 cm³/mol. The number of aliphatic carboxylic acids is 1. The van der Waals surface area contributed by atoms with Gasteiger partial charge < -0.3 is 9.52 Å². The highest BCUT2D eigenvalue weighted by atomic mass is 16.4. The fraction of sp³-hybridized carbons (Fsp3) is 0.583. The van der Waals surface area contributed by atoms with Crippen LogP contribution < -0.4 is 0 Å². The van der Waals surface area contributed by atoms with Gasteiger partial charge in [0.25, 0.3) is 0 Å². The standard InChI is InChI=1S/C12H17NO3/c1-8-3-4-16-11(8)7-13-5-9(2)10(6-13)12(14)15/h3-4,9-10H,5-7H2,1-2H3,(H,14,15)/t9-,10-/m1/s1. The molecule has 2 atom stereocenters. The molecule has 1 aliphatic rings. The zero-order valence-corrected chi connectivity index (χ0v) is 9.64. The zero-order valence-electron chi connectivity index (χ0n) is 9.64. The number of hydrogen-bond acceptors (Lipinski definition) is 3. The molecule has 0 aromatic carbocycles. The molecule has 0 radical (unpaired) electrons. The molecule has 1 aromatic rings. The van der Waals surface area contributed by atoms with E-state index in [1.54, 1.807) is 6.26 Å². The summed E-state index contributed by atoms with van der Waals surface area (Å²) in [6.07, 6.45) is 1.68. The van der Waals surface area contributed by atoms with E-state index < -0.39 is 5.97 Å². The van der Waals surface area contributed by atoms with Gasteiger partial charge in [-0.3, -0.25) is 9.69 Å². The number of carbonyl (C=O) groups is 1. The van der Waals surface area contributed by atoms with Crippen molar-refractivity contribution in [2.24, 2.45) is 11.8 Å². The smallest absolute Gasteiger partial charge is 0.308 e. The van der Waals surface area contributed by atoms with Crippen molar-refractivity contribution in [2.75, 3.05) is 13.1 Å². The number of hydrogen-bond donors (Lipinski definition) is 1. The third kappa shape index (κ3) is 2.11. The number of carboxylic acid groups (broad SMARTS) is 1. The van der Waals surface area contributed by atoms with E-state index in [1.807, 2.05) is 19.9 Å². The Bertz CT molecular complexity index is 385. The average molecular weight is 223 g/mol. The van der Waals surface area contributed by atoms with E-state index in [1.165, 1.54) is 0 Å². The Morgan fingerprint density at radius 2 is 2.38 bits per heavy atom. The van der Waals surface area contributed by atoms with Crippen molar-refractivity contribution in [1.29, 1.82) is 0 Å². The van der Waals surface area contributed by atoms with Crippen molar-refractivity contribution >= 4 is 5.97 Å². The van der Waals surface area contributed by atoms with Gasteiger partial charge in [0.15, 0.2) is 0 Å². The Balaban J connectivity index is 1.99. The summed E-state index contributed by atoms with van der Waals surface area (Å²) >= 11 is 0. The number of rotatable bonds is 3. The Morgan fingerprint density at radius 1 is 1.62 bits per heavy atom. The summed E-state index contributed by atoms with van der Waals surface area (Å²) in [6.45, 7) is 6.17. The Labute approximate surface area is 94.9 Å². The van der Waals surface area contributed by atoms with Gasteiger partial charge in [0.2, 0.25) is 0 Å². The quantitative estimate of drug-likeness (QED) is 0.848. The predicted octanol–water partition coefficient (Wildman–Crippen LogP) is 1.74. The van der Waals surface area contributed by atoms with E-state index >= 15 is 0 Å². The molecule has 0 saturated carbocycles. The zero-order chi connectivity index (χ0) is 11.7. The van der Waals surface area contributed by atoms with Gasteiger partial charge in [-0.2, -0.15) is 0 Å². The third-order valence-electron chi connectivity index (χ3n) is 3.34. The Hall–Kier alpha value is -1.29. The summed E-state index contributed by atoms with van der Waals surface area (Å²) in [6, 6.07) is 1.93. The van der Waals surface area contributed by atoms with E-state index in [0.717, 1.165) is 17.9 Å². The van der Waals surface area contributed by atoms with Gasteiger partial charge in [-0.05, 0) is 24.5 Å². The molecular weight excluding hydrogens is 206 g/mol. The van der Waals surface area contributed by atoms with Crippen LogP contribution in [0.1, 0.15) is 18.2 Å². The van der Waals surface area contributed by atoms with Crippen molar-refractivity contribution in [3.05, 3.63) is 23.7 Å². The molecule has 1 saturated heterocycles. The SMILES string of the molecule is Cc1ccoc1CN1C[C@@H](C)[C@H](C(=O)O)C1. The van der Waals surface area contributed by atoms with Gasteiger partial charge >= 0.3 is 5.97 Å². The van der Waals surface area contributed by atoms with Crippen LogP contribution >= 0.6 is 0 Å². The summed E-state index contributed by atoms with van der Waals surface area (Å²) in [5.41, 5.74) is 1.13. The third-order valence-corrected chi connectivity index (χ3v) is 3.34. The van der Waals surface area contributed by atoms with Crippen LogP contribution in [0.3, 0.4) is 0 Å². The van der Waals surface area contributed by atoms with Crippen molar-refractivity contribution in [1.82, 2.24) is 4.90 Å². The second-order valence-electron chi connectivity index (χ2n) is 4.64. The van der Waals surface area contributed by atoms with E-state index in [4.69, 9.17) is 9.52 Å². The Morgan fingerprint density at radius 3 is 2.88 bits per heavy atom. The monoisotopic (exact) mass is 223 g/mol. The molecule has 0 amide bonds. The number of carboxylic acids is 1. The summed E-state index contributed by atoms with van der Waals surface area (Å²) in [5, 5.41) is 9.03. The van der Waals surface area contributed by atoms with Crippen LogP contribution in [0.4, 0.5) is 0 Å². The van der Waals surface area contributed by atoms with Crippen LogP contribution in [0.5, 0.6) is 0 Å². The van der Waals surface area contributed by atoms with Crippen molar-refractivity contribution in [2.45, 2.75) is 20.4 Å². The molecule has 2 rings (SSSR count). The minimum atomic E-state index is -0.689. The molecule has 0 bridgehead atoms. The first-order valence-corrected chi connectivity index (χ1v) is 5.56. The van der Waals surface area contributed by atoms with Gasteiger partial charge in [0, 0.05) is 13.1 Å². The molecule has 1 aliphatic heterocycles.